The molecule has 4 aromatic rings. The molecule has 1 saturated carbocycles. The minimum atomic E-state index is -4.63. The molecule has 7 rings (SSSR count). The van der Waals surface area contributed by atoms with Crippen LogP contribution in [0, 0.1) is 6.92 Å². The fourth-order valence-electron chi connectivity index (χ4n) is 8.35. The molecule has 2 aliphatic heterocycles. The van der Waals surface area contributed by atoms with E-state index in [4.69, 9.17) is 9.47 Å². The highest BCUT2D eigenvalue weighted by molar-refractivity contribution is 7.89. The SMILES string of the molecule is Cc1ccc(S(=O)(=O)N(CC(=O)N(Cc2ccc(C3CCCCC3)cc2)c2ccc(C(=O)NCCOc3cccc4c3C(=O)N(C3CCC(=O)NC3=O)C4=O)c(O)c2)C(=O)OC(C)(C)C)cc1. The normalized spacial score (nSPS) is 16.5. The number of carbonyl (C=O) groups excluding carboxylic acids is 7. The molecular formula is C49H53N5O12S. The van der Waals surface area contributed by atoms with Crippen LogP contribution < -0.4 is 20.3 Å². The maximum Gasteiger partial charge on any atom is 0.424 e. The molecule has 0 aromatic heterocycles. The topological polar surface area (TPSA) is 226 Å². The number of hydrogen-bond acceptors (Lipinski definition) is 12. The molecule has 0 spiro atoms. The van der Waals surface area contributed by atoms with E-state index in [0.29, 0.717) is 15.8 Å². The van der Waals surface area contributed by atoms with Crippen molar-refractivity contribution in [2.45, 2.75) is 102 Å². The predicted octanol–water partition coefficient (Wildman–Crippen LogP) is 6.12. The molecule has 1 aliphatic carbocycles. The number of fused-ring (bicyclic) bond motifs is 1. The molecule has 1 unspecified atom stereocenters. The van der Waals surface area contributed by atoms with Gasteiger partial charge in [-0.1, -0.05) is 67.3 Å². The molecule has 352 valence electrons. The van der Waals surface area contributed by atoms with Crippen molar-refractivity contribution < 1.29 is 56.6 Å². The van der Waals surface area contributed by atoms with Crippen LogP contribution in [0.5, 0.6) is 11.5 Å². The molecule has 18 heteroatoms. The molecule has 67 heavy (non-hydrogen) atoms. The van der Waals surface area contributed by atoms with Crippen molar-refractivity contribution in [2.24, 2.45) is 0 Å². The second kappa shape index (κ2) is 19.8. The van der Waals surface area contributed by atoms with Gasteiger partial charge in [-0.25, -0.2) is 13.2 Å². The van der Waals surface area contributed by atoms with Crippen molar-refractivity contribution in [1.29, 1.82) is 0 Å². The number of nitrogens with one attached hydrogen (secondary N) is 2. The van der Waals surface area contributed by atoms with Crippen LogP contribution in [0.15, 0.2) is 89.8 Å². The van der Waals surface area contributed by atoms with Gasteiger partial charge in [0.25, 0.3) is 27.7 Å². The van der Waals surface area contributed by atoms with Crippen molar-refractivity contribution in [1.82, 2.24) is 19.8 Å². The molecule has 2 fully saturated rings. The van der Waals surface area contributed by atoms with Gasteiger partial charge in [-0.15, -0.1) is 0 Å². The van der Waals surface area contributed by atoms with Crippen LogP contribution in [0.4, 0.5) is 10.5 Å². The molecule has 0 radical (unpaired) electrons. The van der Waals surface area contributed by atoms with Crippen LogP contribution >= 0.6 is 0 Å². The van der Waals surface area contributed by atoms with Crippen LogP contribution in [-0.2, 0) is 35.7 Å². The molecule has 4 aromatic carbocycles. The van der Waals surface area contributed by atoms with E-state index in [1.807, 2.05) is 24.3 Å². The van der Waals surface area contributed by atoms with Crippen LogP contribution in [0.2, 0.25) is 0 Å². The summed E-state index contributed by atoms with van der Waals surface area (Å²) in [6.07, 6.45) is 4.35. The van der Waals surface area contributed by atoms with Gasteiger partial charge in [0, 0.05) is 18.2 Å². The number of anilines is 1. The lowest BCUT2D eigenvalue weighted by Gasteiger charge is -2.29. The van der Waals surface area contributed by atoms with E-state index in [2.05, 4.69) is 10.6 Å². The third-order valence-electron chi connectivity index (χ3n) is 11.8. The van der Waals surface area contributed by atoms with Crippen molar-refractivity contribution in [3.05, 3.63) is 118 Å². The maximum absolute atomic E-state index is 14.5. The minimum absolute atomic E-state index is 0.0137. The van der Waals surface area contributed by atoms with Gasteiger partial charge in [-0.2, -0.15) is 4.31 Å². The Kier molecular flexibility index (Phi) is 14.1. The van der Waals surface area contributed by atoms with E-state index >= 15 is 0 Å². The van der Waals surface area contributed by atoms with E-state index in [9.17, 15) is 47.1 Å². The molecule has 17 nitrogen and oxygen atoms in total. The lowest BCUT2D eigenvalue weighted by molar-refractivity contribution is -0.136. The van der Waals surface area contributed by atoms with Crippen molar-refractivity contribution >= 4 is 57.2 Å². The summed E-state index contributed by atoms with van der Waals surface area (Å²) in [7, 11) is -4.63. The fourth-order valence-corrected chi connectivity index (χ4v) is 9.60. The number of phenolic OH excluding ortho intramolecular Hbond substituents is 1. The average Bonchev–Trinajstić information content (AvgIpc) is 3.54. The number of hydrogen-bond donors (Lipinski definition) is 3. The molecule has 0 bridgehead atoms. The Morgan fingerprint density at radius 1 is 0.881 bits per heavy atom. The van der Waals surface area contributed by atoms with E-state index in [-0.39, 0.29) is 65.6 Å². The van der Waals surface area contributed by atoms with E-state index in [1.54, 1.807) is 39.8 Å². The Labute approximate surface area is 388 Å². The Morgan fingerprint density at radius 3 is 2.24 bits per heavy atom. The number of nitrogens with zero attached hydrogens (tertiary/aromatic N) is 3. The van der Waals surface area contributed by atoms with Crippen LogP contribution in [0.3, 0.4) is 0 Å². The zero-order valence-corrected chi connectivity index (χ0v) is 38.5. The second-order valence-electron chi connectivity index (χ2n) is 17.8. The number of piperidine rings is 1. The summed E-state index contributed by atoms with van der Waals surface area (Å²) in [4.78, 5) is 94.2. The summed E-state index contributed by atoms with van der Waals surface area (Å²) in [5.74, 6) is -4.32. The third-order valence-corrected chi connectivity index (χ3v) is 13.5. The number of rotatable bonds is 14. The van der Waals surface area contributed by atoms with Crippen LogP contribution in [0.1, 0.15) is 119 Å². The summed E-state index contributed by atoms with van der Waals surface area (Å²) >= 11 is 0. The van der Waals surface area contributed by atoms with Crippen molar-refractivity contribution in [2.75, 3.05) is 24.6 Å². The Bertz CT molecular complexity index is 2710. The smallest absolute Gasteiger partial charge is 0.424 e. The summed E-state index contributed by atoms with van der Waals surface area (Å²) in [5.41, 5.74) is 1.40. The second-order valence-corrected chi connectivity index (χ2v) is 19.7. The quantitative estimate of drug-likeness (QED) is 0.0961. The molecule has 1 saturated heterocycles. The predicted molar refractivity (Wildman–Crippen MR) is 244 cm³/mol. The molecule has 7 amide bonds. The largest absolute Gasteiger partial charge is 0.507 e. The first-order chi connectivity index (χ1) is 31.8. The zero-order chi connectivity index (χ0) is 48.2. The number of amides is 7. The summed E-state index contributed by atoms with van der Waals surface area (Å²) in [6, 6.07) is 20.7. The van der Waals surface area contributed by atoms with Gasteiger partial charge in [-0.05, 0) is 100 Å². The molecular weight excluding hydrogens is 883 g/mol. The Morgan fingerprint density at radius 2 is 1.58 bits per heavy atom. The van der Waals surface area contributed by atoms with Gasteiger partial charge >= 0.3 is 6.09 Å². The lowest BCUT2D eigenvalue weighted by atomic mass is 9.84. The minimum Gasteiger partial charge on any atom is -0.507 e. The Balaban J connectivity index is 1.08. The standard InChI is InChI=1S/C49H53N5O12S/c1-30-13-20-35(21-14-30)67(63,64)53(48(62)66-49(2,3)4)29-42(57)52(28-31-15-17-33(18-16-31)32-9-6-5-7-10-32)34-19-22-36(39(55)27-34)44(58)50-25-26-65-40-12-8-11-37-43(40)47(61)54(46(37)60)38-23-24-41(56)51-45(38)59/h8,11-22,27,32,38,55H,5-7,9-10,23-26,28-29H2,1-4H3,(H,50,58)(H,51,56,59). The summed E-state index contributed by atoms with van der Waals surface area (Å²) in [5, 5.41) is 16.0. The van der Waals surface area contributed by atoms with Gasteiger partial charge < -0.3 is 24.8 Å². The maximum atomic E-state index is 14.5. The number of phenols is 1. The van der Waals surface area contributed by atoms with E-state index in [1.165, 1.54) is 65.4 Å². The highest BCUT2D eigenvalue weighted by Crippen LogP contribution is 2.35. The summed E-state index contributed by atoms with van der Waals surface area (Å²) in [6.45, 7) is 5.12. The number of benzene rings is 4. The zero-order valence-electron chi connectivity index (χ0n) is 37.7. The van der Waals surface area contributed by atoms with Gasteiger partial charge in [0.1, 0.15) is 36.3 Å². The highest BCUT2D eigenvalue weighted by Gasteiger charge is 2.46. The number of aromatic hydroxyl groups is 1. The van der Waals surface area contributed by atoms with Gasteiger partial charge in [0.05, 0.1) is 34.7 Å². The van der Waals surface area contributed by atoms with Crippen molar-refractivity contribution in [3.8, 4) is 11.5 Å². The number of sulfonamides is 1. The fraction of sp³-hybridized carbons (Fsp3) is 0.367. The average molecular weight is 936 g/mol. The van der Waals surface area contributed by atoms with E-state index < -0.39 is 75.5 Å². The van der Waals surface area contributed by atoms with Crippen LogP contribution in [0.25, 0.3) is 0 Å². The van der Waals surface area contributed by atoms with E-state index in [0.717, 1.165) is 36.1 Å². The molecule has 2 heterocycles. The van der Waals surface area contributed by atoms with Crippen LogP contribution in [-0.4, -0.2) is 95.6 Å². The van der Waals surface area contributed by atoms with Gasteiger partial charge in [-0.3, -0.25) is 39.0 Å². The monoisotopic (exact) mass is 935 g/mol. The summed E-state index contributed by atoms with van der Waals surface area (Å²) < 4.78 is 39.8. The number of ether oxygens (including phenoxy) is 2. The molecule has 3 aliphatic rings. The number of aryl methyl sites for hydroxylation is 1. The Hall–Kier alpha value is -7.08. The number of carbonyl (C=O) groups is 7. The first-order valence-corrected chi connectivity index (χ1v) is 23.6. The molecule has 3 N–H and O–H groups in total. The van der Waals surface area contributed by atoms with Gasteiger partial charge in [0.15, 0.2) is 0 Å². The first kappa shape index (κ1) is 47.9. The third kappa shape index (κ3) is 10.8. The highest BCUT2D eigenvalue weighted by atomic mass is 32.2. The van der Waals surface area contributed by atoms with Crippen molar-refractivity contribution in [3.63, 3.8) is 0 Å². The first-order valence-electron chi connectivity index (χ1n) is 22.1. The number of imide groups is 2. The lowest BCUT2D eigenvalue weighted by Crippen LogP contribution is -2.54. The van der Waals surface area contributed by atoms with Gasteiger partial charge in [0.2, 0.25) is 17.7 Å². The molecule has 1 atom stereocenters.